The largest absolute Gasteiger partial charge is 0.444 e. The number of nitrogens with one attached hydrogen (secondary N) is 1. The van der Waals surface area contributed by atoms with E-state index < -0.39 is 18.2 Å². The minimum atomic E-state index is -4.14. The number of alkyl halides is 3. The van der Waals surface area contributed by atoms with Crippen LogP contribution < -0.4 is 5.32 Å². The molecule has 1 heterocycles. The van der Waals surface area contributed by atoms with Crippen molar-refractivity contribution >= 4 is 6.09 Å². The molecule has 0 bridgehead atoms. The zero-order valence-electron chi connectivity index (χ0n) is 13.8. The molecule has 0 aliphatic carbocycles. The highest BCUT2D eigenvalue weighted by atomic mass is 19.4. The van der Waals surface area contributed by atoms with E-state index in [2.05, 4.69) is 5.32 Å². The fourth-order valence-corrected chi connectivity index (χ4v) is 2.59. The molecule has 4 nitrogen and oxygen atoms in total. The van der Waals surface area contributed by atoms with Gasteiger partial charge in [0.1, 0.15) is 5.60 Å². The highest BCUT2D eigenvalue weighted by Crippen LogP contribution is 2.24. The number of ether oxygens (including phenoxy) is 1. The lowest BCUT2D eigenvalue weighted by molar-refractivity contribution is -0.133. The van der Waals surface area contributed by atoms with Gasteiger partial charge in [0.25, 0.3) is 0 Å². The molecular weight excluding hydrogens is 297 g/mol. The van der Waals surface area contributed by atoms with Gasteiger partial charge in [0.2, 0.25) is 0 Å². The van der Waals surface area contributed by atoms with Crippen molar-refractivity contribution < 1.29 is 22.7 Å². The van der Waals surface area contributed by atoms with E-state index in [1.165, 1.54) is 0 Å². The summed E-state index contributed by atoms with van der Waals surface area (Å²) in [6.07, 6.45) is -2.90. The zero-order chi connectivity index (χ0) is 17.0. The van der Waals surface area contributed by atoms with Gasteiger partial charge >= 0.3 is 12.3 Å². The van der Waals surface area contributed by atoms with Crippen molar-refractivity contribution in [2.75, 3.05) is 13.1 Å². The molecule has 22 heavy (non-hydrogen) atoms. The predicted octanol–water partition coefficient (Wildman–Crippen LogP) is 3.71. The summed E-state index contributed by atoms with van der Waals surface area (Å²) in [6.45, 7) is 7.85. The molecule has 0 aromatic carbocycles. The normalized spacial score (nSPS) is 21.0. The second kappa shape index (κ2) is 7.53. The van der Waals surface area contributed by atoms with Crippen molar-refractivity contribution in [2.45, 2.75) is 77.2 Å². The monoisotopic (exact) mass is 324 g/mol. The summed E-state index contributed by atoms with van der Waals surface area (Å²) in [5.74, 6) is 0. The Hall–Kier alpha value is -0.980. The molecule has 1 saturated heterocycles. The van der Waals surface area contributed by atoms with Gasteiger partial charge in [-0.05, 0) is 47.0 Å². The van der Waals surface area contributed by atoms with Gasteiger partial charge < -0.3 is 15.0 Å². The van der Waals surface area contributed by atoms with Gasteiger partial charge in [-0.2, -0.15) is 13.2 Å². The Morgan fingerprint density at radius 2 is 2.00 bits per heavy atom. The van der Waals surface area contributed by atoms with Crippen molar-refractivity contribution in [2.24, 2.45) is 0 Å². The van der Waals surface area contributed by atoms with Crippen LogP contribution in [0.25, 0.3) is 0 Å². The van der Waals surface area contributed by atoms with E-state index in [9.17, 15) is 18.0 Å². The van der Waals surface area contributed by atoms with Crippen LogP contribution >= 0.6 is 0 Å². The van der Waals surface area contributed by atoms with Crippen molar-refractivity contribution in [1.29, 1.82) is 0 Å². The van der Waals surface area contributed by atoms with Crippen LogP contribution in [-0.4, -0.2) is 47.9 Å². The van der Waals surface area contributed by atoms with Crippen molar-refractivity contribution in [3.8, 4) is 0 Å². The Bertz CT molecular complexity index is 367. The first-order chi connectivity index (χ1) is 9.98. The molecule has 2 atom stereocenters. The summed E-state index contributed by atoms with van der Waals surface area (Å²) in [7, 11) is 0. The molecule has 1 fully saturated rings. The molecule has 1 aliphatic heterocycles. The van der Waals surface area contributed by atoms with E-state index in [0.717, 1.165) is 12.8 Å². The van der Waals surface area contributed by atoms with E-state index in [0.29, 0.717) is 13.0 Å². The van der Waals surface area contributed by atoms with E-state index in [4.69, 9.17) is 4.74 Å². The molecule has 0 aromatic rings. The summed E-state index contributed by atoms with van der Waals surface area (Å²) in [5.41, 5.74) is -0.541. The maximum Gasteiger partial charge on any atom is 0.410 e. The summed E-state index contributed by atoms with van der Waals surface area (Å²) in [5, 5.41) is 2.87. The van der Waals surface area contributed by atoms with Gasteiger partial charge in [0.15, 0.2) is 0 Å². The predicted molar refractivity (Wildman–Crippen MR) is 78.7 cm³/mol. The van der Waals surface area contributed by atoms with Gasteiger partial charge in [-0.15, -0.1) is 0 Å². The second-order valence-electron chi connectivity index (χ2n) is 6.93. The number of rotatable bonds is 5. The lowest BCUT2D eigenvalue weighted by Crippen LogP contribution is -2.43. The molecule has 1 rings (SSSR count). The Morgan fingerprint density at radius 3 is 2.55 bits per heavy atom. The summed E-state index contributed by atoms with van der Waals surface area (Å²) in [6, 6.07) is -0.0429. The fraction of sp³-hybridized carbons (Fsp3) is 0.933. The zero-order valence-corrected chi connectivity index (χ0v) is 13.8. The number of hydrogen-bond acceptors (Lipinski definition) is 3. The van der Waals surface area contributed by atoms with Gasteiger partial charge in [0, 0.05) is 25.2 Å². The molecule has 0 saturated carbocycles. The van der Waals surface area contributed by atoms with Gasteiger partial charge in [-0.1, -0.05) is 0 Å². The molecular formula is C15H27F3N2O2. The number of carbonyl (C=O) groups excluding carboxylic acids is 1. The highest BCUT2D eigenvalue weighted by molar-refractivity contribution is 5.68. The van der Waals surface area contributed by atoms with Crippen LogP contribution in [-0.2, 0) is 4.74 Å². The fourth-order valence-electron chi connectivity index (χ4n) is 2.59. The number of halogens is 3. The van der Waals surface area contributed by atoms with Gasteiger partial charge in [-0.3, -0.25) is 0 Å². The Balaban J connectivity index is 2.41. The van der Waals surface area contributed by atoms with Crippen LogP contribution in [0.1, 0.15) is 53.4 Å². The van der Waals surface area contributed by atoms with E-state index in [1.54, 1.807) is 4.90 Å². The van der Waals surface area contributed by atoms with Crippen molar-refractivity contribution in [3.63, 3.8) is 0 Å². The molecule has 0 aromatic heterocycles. The van der Waals surface area contributed by atoms with E-state index >= 15 is 0 Å². The molecule has 1 aliphatic rings. The second-order valence-corrected chi connectivity index (χ2v) is 6.93. The molecule has 0 radical (unpaired) electrons. The van der Waals surface area contributed by atoms with Crippen LogP contribution in [0.4, 0.5) is 18.0 Å². The molecule has 2 unspecified atom stereocenters. The van der Waals surface area contributed by atoms with Crippen LogP contribution in [0, 0.1) is 0 Å². The Morgan fingerprint density at radius 1 is 1.36 bits per heavy atom. The van der Waals surface area contributed by atoms with Crippen LogP contribution in [0.2, 0.25) is 0 Å². The van der Waals surface area contributed by atoms with Crippen LogP contribution in [0.5, 0.6) is 0 Å². The summed E-state index contributed by atoms with van der Waals surface area (Å²) in [4.78, 5) is 13.8. The van der Waals surface area contributed by atoms with Crippen molar-refractivity contribution in [3.05, 3.63) is 0 Å². The minimum absolute atomic E-state index is 0.0308. The van der Waals surface area contributed by atoms with Crippen molar-refractivity contribution in [1.82, 2.24) is 10.2 Å². The number of amides is 1. The smallest absolute Gasteiger partial charge is 0.410 e. The molecule has 130 valence electrons. The van der Waals surface area contributed by atoms with Gasteiger partial charge in [-0.25, -0.2) is 4.79 Å². The lowest BCUT2D eigenvalue weighted by atomic mass is 10.1. The van der Waals surface area contributed by atoms with Gasteiger partial charge in [0.05, 0.1) is 6.42 Å². The average Bonchev–Trinajstić information content (AvgIpc) is 2.72. The number of carbonyl (C=O) groups is 1. The summed E-state index contributed by atoms with van der Waals surface area (Å²) < 4.78 is 41.8. The number of hydrogen-bond donors (Lipinski definition) is 1. The van der Waals surface area contributed by atoms with Crippen LogP contribution in [0.15, 0.2) is 0 Å². The summed E-state index contributed by atoms with van der Waals surface area (Å²) >= 11 is 0. The Labute approximate surface area is 130 Å². The molecule has 1 N–H and O–H groups in total. The quantitative estimate of drug-likeness (QED) is 0.838. The lowest BCUT2D eigenvalue weighted by Gasteiger charge is -2.30. The third-order valence-electron chi connectivity index (χ3n) is 3.53. The SMILES string of the molecule is CC(CC1CCCN1C(=O)OC(C)(C)C)NCCC(F)(F)F. The standard InChI is InChI=1S/C15H27F3N2O2/c1-11(19-8-7-15(16,17)18)10-12-6-5-9-20(12)13(21)22-14(2,3)4/h11-12,19H,5-10H2,1-4H3. The minimum Gasteiger partial charge on any atom is -0.444 e. The third kappa shape index (κ3) is 7.33. The topological polar surface area (TPSA) is 41.6 Å². The van der Waals surface area contributed by atoms with E-state index in [-0.39, 0.29) is 24.7 Å². The third-order valence-corrected chi connectivity index (χ3v) is 3.53. The first-order valence-corrected chi connectivity index (χ1v) is 7.78. The number of nitrogens with zero attached hydrogens (tertiary/aromatic N) is 1. The molecule has 1 amide bonds. The molecule has 0 spiro atoms. The number of likely N-dealkylation sites (tertiary alicyclic amines) is 1. The van der Waals surface area contributed by atoms with Crippen LogP contribution in [0.3, 0.4) is 0 Å². The Kier molecular flexibility index (Phi) is 6.52. The average molecular weight is 324 g/mol. The maximum absolute atomic E-state index is 12.1. The highest BCUT2D eigenvalue weighted by Gasteiger charge is 2.33. The van der Waals surface area contributed by atoms with E-state index in [1.807, 2.05) is 27.7 Å². The maximum atomic E-state index is 12.1. The first-order valence-electron chi connectivity index (χ1n) is 7.78. The molecule has 7 heteroatoms. The first kappa shape index (κ1) is 19.1.